The summed E-state index contributed by atoms with van der Waals surface area (Å²) in [4.78, 5) is 13.7. The maximum atomic E-state index is 13.1. The summed E-state index contributed by atoms with van der Waals surface area (Å²) in [5, 5.41) is 5.64. The first-order valence-corrected chi connectivity index (χ1v) is 9.88. The molecule has 0 aliphatic carbocycles. The van der Waals surface area contributed by atoms with Gasteiger partial charge in [0.2, 0.25) is 0 Å². The Kier molecular flexibility index (Phi) is 5.19. The van der Waals surface area contributed by atoms with Crippen LogP contribution in [0.5, 0.6) is 5.75 Å². The fourth-order valence-corrected chi connectivity index (χ4v) is 4.11. The van der Waals surface area contributed by atoms with Crippen molar-refractivity contribution in [1.82, 2.24) is 4.57 Å². The van der Waals surface area contributed by atoms with E-state index >= 15 is 0 Å². The number of aromatic nitrogens is 1. The third-order valence-corrected chi connectivity index (χ3v) is 5.56. The van der Waals surface area contributed by atoms with Crippen LogP contribution < -0.4 is 10.1 Å². The summed E-state index contributed by atoms with van der Waals surface area (Å²) < 4.78 is 7.30. The maximum Gasteiger partial charge on any atom is 0.268 e. The number of halogens is 1. The second kappa shape index (κ2) is 7.92. The zero-order valence-corrected chi connectivity index (χ0v) is 16.6. The maximum absolute atomic E-state index is 13.1. The van der Waals surface area contributed by atoms with Gasteiger partial charge in [0.15, 0.2) is 0 Å². The molecule has 0 unspecified atom stereocenters. The Morgan fingerprint density at radius 3 is 2.46 bits per heavy atom. The zero-order valence-electron chi connectivity index (χ0n) is 15.1. The standard InChI is InChI=1S/C22H17ClN2O2S/c1-27-19-7-3-2-6-18(19)24-22(26)21-20(25-12-4-5-13-25)17(14-28-21)15-8-10-16(23)11-9-15/h2-14H,1H3,(H,24,26). The van der Waals surface area contributed by atoms with E-state index in [0.29, 0.717) is 21.3 Å². The third-order valence-electron chi connectivity index (χ3n) is 4.34. The van der Waals surface area contributed by atoms with Crippen molar-refractivity contribution >= 4 is 34.5 Å². The average molecular weight is 409 g/mol. The molecule has 6 heteroatoms. The molecule has 0 saturated heterocycles. The lowest BCUT2D eigenvalue weighted by Gasteiger charge is -2.12. The van der Waals surface area contributed by atoms with Crippen LogP contribution in [-0.4, -0.2) is 17.6 Å². The number of thiophene rings is 1. The zero-order chi connectivity index (χ0) is 19.5. The van der Waals surface area contributed by atoms with E-state index in [-0.39, 0.29) is 5.91 Å². The number of rotatable bonds is 5. The van der Waals surface area contributed by atoms with Crippen LogP contribution in [0, 0.1) is 0 Å². The predicted octanol–water partition coefficient (Wildman–Crippen LogP) is 6.12. The van der Waals surface area contributed by atoms with Gasteiger partial charge in [0, 0.05) is 28.4 Å². The van der Waals surface area contributed by atoms with Crippen molar-refractivity contribution in [2.45, 2.75) is 0 Å². The number of nitrogens with zero attached hydrogens (tertiary/aromatic N) is 1. The molecule has 4 nitrogen and oxygen atoms in total. The molecule has 2 aromatic heterocycles. The van der Waals surface area contributed by atoms with Crippen LogP contribution in [-0.2, 0) is 0 Å². The molecule has 4 rings (SSSR count). The van der Waals surface area contributed by atoms with Crippen LogP contribution in [0.3, 0.4) is 0 Å². The van der Waals surface area contributed by atoms with E-state index in [9.17, 15) is 4.79 Å². The van der Waals surface area contributed by atoms with E-state index < -0.39 is 0 Å². The number of hydrogen-bond donors (Lipinski definition) is 1. The largest absolute Gasteiger partial charge is 0.495 e. The van der Waals surface area contributed by atoms with Gasteiger partial charge in [-0.05, 0) is 42.0 Å². The number of anilines is 1. The Morgan fingerprint density at radius 1 is 1.04 bits per heavy atom. The molecule has 0 bridgehead atoms. The van der Waals surface area contributed by atoms with E-state index in [0.717, 1.165) is 16.8 Å². The average Bonchev–Trinajstić information content (AvgIpc) is 3.38. The number of benzene rings is 2. The van der Waals surface area contributed by atoms with Gasteiger partial charge in [0.1, 0.15) is 10.6 Å². The van der Waals surface area contributed by atoms with Gasteiger partial charge in [0.25, 0.3) is 5.91 Å². The summed E-state index contributed by atoms with van der Waals surface area (Å²) in [5.74, 6) is 0.436. The van der Waals surface area contributed by atoms with Gasteiger partial charge in [-0.25, -0.2) is 0 Å². The fourth-order valence-electron chi connectivity index (χ4n) is 3.01. The second-order valence-electron chi connectivity index (χ2n) is 6.08. The molecule has 0 aliphatic heterocycles. The van der Waals surface area contributed by atoms with Crippen molar-refractivity contribution < 1.29 is 9.53 Å². The lowest BCUT2D eigenvalue weighted by Crippen LogP contribution is -2.13. The Labute approximate surface area is 172 Å². The van der Waals surface area contributed by atoms with Crippen molar-refractivity contribution in [3.63, 3.8) is 0 Å². The van der Waals surface area contributed by atoms with E-state index in [1.165, 1.54) is 11.3 Å². The number of ether oxygens (including phenoxy) is 1. The highest BCUT2D eigenvalue weighted by Gasteiger charge is 2.21. The van der Waals surface area contributed by atoms with E-state index in [1.54, 1.807) is 7.11 Å². The molecular formula is C22H17ClN2O2S. The van der Waals surface area contributed by atoms with Gasteiger partial charge in [-0.1, -0.05) is 35.9 Å². The van der Waals surface area contributed by atoms with Gasteiger partial charge in [-0.3, -0.25) is 4.79 Å². The molecule has 0 spiro atoms. The van der Waals surface area contributed by atoms with Gasteiger partial charge < -0.3 is 14.6 Å². The number of para-hydroxylation sites is 2. The van der Waals surface area contributed by atoms with Crippen molar-refractivity contribution in [3.05, 3.63) is 88.3 Å². The molecule has 0 atom stereocenters. The molecule has 4 aromatic rings. The first-order valence-electron chi connectivity index (χ1n) is 8.62. The minimum atomic E-state index is -0.182. The van der Waals surface area contributed by atoms with Crippen molar-refractivity contribution in [2.75, 3.05) is 12.4 Å². The van der Waals surface area contributed by atoms with Gasteiger partial charge in [-0.15, -0.1) is 11.3 Å². The van der Waals surface area contributed by atoms with E-state index in [4.69, 9.17) is 16.3 Å². The molecule has 0 aliphatic rings. The van der Waals surface area contributed by atoms with Gasteiger partial charge in [0.05, 0.1) is 18.5 Å². The van der Waals surface area contributed by atoms with Crippen molar-refractivity contribution in [3.8, 4) is 22.6 Å². The fraction of sp³-hybridized carbons (Fsp3) is 0.0455. The van der Waals surface area contributed by atoms with Crippen molar-refractivity contribution in [2.24, 2.45) is 0 Å². The normalized spacial score (nSPS) is 10.6. The van der Waals surface area contributed by atoms with E-state index in [1.807, 2.05) is 83.0 Å². The SMILES string of the molecule is COc1ccccc1NC(=O)c1scc(-c2ccc(Cl)cc2)c1-n1cccc1. The monoisotopic (exact) mass is 408 g/mol. The number of carbonyl (C=O) groups excluding carboxylic acids is 1. The quantitative estimate of drug-likeness (QED) is 0.432. The highest BCUT2D eigenvalue weighted by molar-refractivity contribution is 7.13. The van der Waals surface area contributed by atoms with Crippen LogP contribution in [0.2, 0.25) is 5.02 Å². The Bertz CT molecular complexity index is 1100. The molecule has 140 valence electrons. The second-order valence-corrected chi connectivity index (χ2v) is 7.39. The summed E-state index contributed by atoms with van der Waals surface area (Å²) in [6.45, 7) is 0. The summed E-state index contributed by atoms with van der Waals surface area (Å²) in [7, 11) is 1.58. The van der Waals surface area contributed by atoms with Crippen LogP contribution >= 0.6 is 22.9 Å². The summed E-state index contributed by atoms with van der Waals surface area (Å²) in [6, 6.07) is 18.8. The number of methoxy groups -OCH3 is 1. The van der Waals surface area contributed by atoms with Crippen LogP contribution in [0.1, 0.15) is 9.67 Å². The molecule has 28 heavy (non-hydrogen) atoms. The molecule has 1 amide bonds. The van der Waals surface area contributed by atoms with Gasteiger partial charge in [-0.2, -0.15) is 0 Å². The summed E-state index contributed by atoms with van der Waals surface area (Å²) in [5.41, 5.74) is 3.45. The Morgan fingerprint density at radius 2 is 1.75 bits per heavy atom. The van der Waals surface area contributed by atoms with Gasteiger partial charge >= 0.3 is 0 Å². The molecule has 0 radical (unpaired) electrons. The van der Waals surface area contributed by atoms with E-state index in [2.05, 4.69) is 5.32 Å². The molecule has 2 aromatic carbocycles. The Hall–Kier alpha value is -3.02. The summed E-state index contributed by atoms with van der Waals surface area (Å²) in [6.07, 6.45) is 3.86. The van der Waals surface area contributed by atoms with Crippen LogP contribution in [0.15, 0.2) is 78.4 Å². The number of carbonyl (C=O) groups is 1. The number of amides is 1. The first-order chi connectivity index (χ1) is 13.7. The highest BCUT2D eigenvalue weighted by atomic mass is 35.5. The number of hydrogen-bond acceptors (Lipinski definition) is 3. The summed E-state index contributed by atoms with van der Waals surface area (Å²) >= 11 is 7.44. The molecule has 1 N–H and O–H groups in total. The van der Waals surface area contributed by atoms with Crippen molar-refractivity contribution in [1.29, 1.82) is 0 Å². The van der Waals surface area contributed by atoms with Crippen LogP contribution in [0.4, 0.5) is 5.69 Å². The molecule has 0 fully saturated rings. The first kappa shape index (κ1) is 18.3. The van der Waals surface area contributed by atoms with Crippen LogP contribution in [0.25, 0.3) is 16.8 Å². The molecule has 0 saturated carbocycles. The topological polar surface area (TPSA) is 43.3 Å². The smallest absolute Gasteiger partial charge is 0.268 e. The highest BCUT2D eigenvalue weighted by Crippen LogP contribution is 2.36. The minimum absolute atomic E-state index is 0.182. The lowest BCUT2D eigenvalue weighted by atomic mass is 10.1. The minimum Gasteiger partial charge on any atom is -0.495 e. The molecular weight excluding hydrogens is 392 g/mol. The Balaban J connectivity index is 1.77. The third kappa shape index (κ3) is 3.54. The number of nitrogens with one attached hydrogen (secondary N) is 1. The predicted molar refractivity (Wildman–Crippen MR) is 115 cm³/mol. The molecule has 2 heterocycles. The lowest BCUT2D eigenvalue weighted by molar-refractivity contribution is 0.103.